The fourth-order valence-electron chi connectivity index (χ4n) is 2.97. The number of carboxylic acids is 1. The van der Waals surface area contributed by atoms with E-state index >= 15 is 0 Å². The van der Waals surface area contributed by atoms with Gasteiger partial charge in [0.1, 0.15) is 6.04 Å². The highest BCUT2D eigenvalue weighted by molar-refractivity contribution is 5.94. The largest absolute Gasteiger partial charge is 0.480 e. The summed E-state index contributed by atoms with van der Waals surface area (Å²) in [4.78, 5) is 25.1. The van der Waals surface area contributed by atoms with E-state index in [0.717, 1.165) is 16.9 Å². The number of carbonyl (C=O) groups is 2. The molecule has 1 amide bonds. The van der Waals surface area contributed by atoms with Gasteiger partial charge < -0.3 is 10.0 Å². The Balaban J connectivity index is 1.91. The summed E-state index contributed by atoms with van der Waals surface area (Å²) in [5.41, 5.74) is -1.37. The SMILES string of the molecule is O=C(O)[C@H]1CCCCN1C(=O)c1cn(-c2ccccc2C(F)(F)F)nn1. The number of hydrogen-bond acceptors (Lipinski definition) is 4. The molecular weight excluding hydrogens is 353 g/mol. The second kappa shape index (κ2) is 6.77. The highest BCUT2D eigenvalue weighted by atomic mass is 19.4. The molecule has 0 unspecified atom stereocenters. The molecule has 0 saturated carbocycles. The van der Waals surface area contributed by atoms with Crippen molar-refractivity contribution in [2.24, 2.45) is 0 Å². The number of amides is 1. The van der Waals surface area contributed by atoms with E-state index in [-0.39, 0.29) is 17.9 Å². The lowest BCUT2D eigenvalue weighted by atomic mass is 10.0. The maximum atomic E-state index is 13.1. The van der Waals surface area contributed by atoms with Gasteiger partial charge in [-0.25, -0.2) is 9.48 Å². The van der Waals surface area contributed by atoms with Crippen LogP contribution < -0.4 is 0 Å². The Bertz CT molecular complexity index is 834. The summed E-state index contributed by atoms with van der Waals surface area (Å²) >= 11 is 0. The molecule has 1 fully saturated rings. The molecule has 1 saturated heterocycles. The van der Waals surface area contributed by atoms with Crippen molar-refractivity contribution >= 4 is 11.9 Å². The van der Waals surface area contributed by atoms with E-state index < -0.39 is 29.7 Å². The Morgan fingerprint density at radius 3 is 2.62 bits per heavy atom. The molecule has 1 aromatic carbocycles. The number of likely N-dealkylation sites (tertiary alicyclic amines) is 1. The van der Waals surface area contributed by atoms with Crippen LogP contribution in [0.5, 0.6) is 0 Å². The van der Waals surface area contributed by atoms with Crippen LogP contribution in [0.2, 0.25) is 0 Å². The Labute approximate surface area is 146 Å². The number of piperidine rings is 1. The van der Waals surface area contributed by atoms with Gasteiger partial charge >= 0.3 is 12.1 Å². The number of carboxylic acid groups (broad SMARTS) is 1. The van der Waals surface area contributed by atoms with Gasteiger partial charge in [0, 0.05) is 6.54 Å². The van der Waals surface area contributed by atoms with Crippen molar-refractivity contribution in [3.8, 4) is 5.69 Å². The van der Waals surface area contributed by atoms with Gasteiger partial charge in [-0.1, -0.05) is 17.3 Å². The summed E-state index contributed by atoms with van der Waals surface area (Å²) in [7, 11) is 0. The van der Waals surface area contributed by atoms with Crippen LogP contribution in [0.4, 0.5) is 13.2 Å². The van der Waals surface area contributed by atoms with Crippen molar-refractivity contribution in [2.45, 2.75) is 31.5 Å². The van der Waals surface area contributed by atoms with Gasteiger partial charge in [-0.05, 0) is 31.4 Å². The summed E-state index contributed by atoms with van der Waals surface area (Å²) in [6.07, 6.45) is -1.84. The molecular formula is C16H15F3N4O3. The number of benzene rings is 1. The van der Waals surface area contributed by atoms with Crippen LogP contribution in [0.15, 0.2) is 30.5 Å². The predicted octanol–water partition coefficient (Wildman–Crippen LogP) is 2.37. The van der Waals surface area contributed by atoms with Crippen molar-refractivity contribution in [2.75, 3.05) is 6.54 Å². The molecule has 0 spiro atoms. The summed E-state index contributed by atoms with van der Waals surface area (Å²) in [5.74, 6) is -1.78. The monoisotopic (exact) mass is 368 g/mol. The number of para-hydroxylation sites is 1. The first kappa shape index (κ1) is 17.9. The van der Waals surface area contributed by atoms with Crippen LogP contribution >= 0.6 is 0 Å². The third-order valence-electron chi connectivity index (χ3n) is 4.22. The van der Waals surface area contributed by atoms with Gasteiger partial charge in [-0.3, -0.25) is 4.79 Å². The highest BCUT2D eigenvalue weighted by Gasteiger charge is 2.36. The molecule has 0 aliphatic carbocycles. The smallest absolute Gasteiger partial charge is 0.418 e. The molecule has 1 aliphatic rings. The molecule has 1 aliphatic heterocycles. The van der Waals surface area contributed by atoms with E-state index in [1.165, 1.54) is 23.1 Å². The summed E-state index contributed by atoms with van der Waals surface area (Å²) in [6.45, 7) is 0.252. The van der Waals surface area contributed by atoms with Crippen molar-refractivity contribution < 1.29 is 27.9 Å². The zero-order valence-electron chi connectivity index (χ0n) is 13.5. The quantitative estimate of drug-likeness (QED) is 0.899. The van der Waals surface area contributed by atoms with Gasteiger partial charge in [-0.2, -0.15) is 13.2 Å². The number of aliphatic carboxylic acids is 1. The Hall–Kier alpha value is -2.91. The van der Waals surface area contributed by atoms with Crippen LogP contribution in [0.1, 0.15) is 35.3 Å². The number of carbonyl (C=O) groups excluding carboxylic acids is 1. The third kappa shape index (κ3) is 3.39. The van der Waals surface area contributed by atoms with Gasteiger partial charge in [0.05, 0.1) is 17.4 Å². The summed E-state index contributed by atoms with van der Waals surface area (Å²) in [6, 6.07) is 3.82. The first-order valence-electron chi connectivity index (χ1n) is 7.92. The molecule has 1 aromatic heterocycles. The number of nitrogens with zero attached hydrogens (tertiary/aromatic N) is 4. The standard InChI is InChI=1S/C16H15F3N4O3/c17-16(18,19)10-5-1-2-6-12(10)23-9-11(20-21-23)14(24)22-8-4-3-7-13(22)15(25)26/h1-2,5-6,9,13H,3-4,7-8H2,(H,25,26)/t13-/m1/s1. The minimum absolute atomic E-state index is 0.199. The normalized spacial score (nSPS) is 18.0. The van der Waals surface area contributed by atoms with Gasteiger partial charge in [-0.15, -0.1) is 5.10 Å². The molecule has 0 bridgehead atoms. The fourth-order valence-corrected chi connectivity index (χ4v) is 2.97. The topological polar surface area (TPSA) is 88.3 Å². The van der Waals surface area contributed by atoms with Crippen molar-refractivity contribution in [3.63, 3.8) is 0 Å². The van der Waals surface area contributed by atoms with E-state index in [0.29, 0.717) is 19.3 Å². The lowest BCUT2D eigenvalue weighted by Gasteiger charge is -2.32. The maximum Gasteiger partial charge on any atom is 0.418 e. The average Bonchev–Trinajstić information content (AvgIpc) is 3.10. The number of rotatable bonds is 3. The van der Waals surface area contributed by atoms with E-state index in [4.69, 9.17) is 0 Å². The zero-order valence-corrected chi connectivity index (χ0v) is 13.5. The van der Waals surface area contributed by atoms with Crippen LogP contribution in [0.3, 0.4) is 0 Å². The Morgan fingerprint density at radius 1 is 1.19 bits per heavy atom. The molecule has 0 radical (unpaired) electrons. The average molecular weight is 368 g/mol. The van der Waals surface area contributed by atoms with Crippen molar-refractivity contribution in [3.05, 3.63) is 41.7 Å². The van der Waals surface area contributed by atoms with Gasteiger partial charge in [0.2, 0.25) is 0 Å². The number of halogens is 3. The lowest BCUT2D eigenvalue weighted by Crippen LogP contribution is -2.48. The maximum absolute atomic E-state index is 13.1. The molecule has 26 heavy (non-hydrogen) atoms. The number of hydrogen-bond donors (Lipinski definition) is 1. The third-order valence-corrected chi connectivity index (χ3v) is 4.22. The van der Waals surface area contributed by atoms with E-state index in [9.17, 15) is 27.9 Å². The van der Waals surface area contributed by atoms with Gasteiger partial charge in [0.15, 0.2) is 5.69 Å². The minimum atomic E-state index is -4.59. The first-order chi connectivity index (χ1) is 12.3. The number of alkyl halides is 3. The highest BCUT2D eigenvalue weighted by Crippen LogP contribution is 2.33. The zero-order chi connectivity index (χ0) is 18.9. The summed E-state index contributed by atoms with van der Waals surface area (Å²) in [5, 5.41) is 16.5. The molecule has 3 rings (SSSR count). The fraction of sp³-hybridized carbons (Fsp3) is 0.375. The molecule has 2 aromatic rings. The van der Waals surface area contributed by atoms with Crippen LogP contribution in [0, 0.1) is 0 Å². The van der Waals surface area contributed by atoms with Crippen LogP contribution in [0.25, 0.3) is 5.69 Å². The van der Waals surface area contributed by atoms with Crippen molar-refractivity contribution in [1.82, 2.24) is 19.9 Å². The predicted molar refractivity (Wildman–Crippen MR) is 82.7 cm³/mol. The minimum Gasteiger partial charge on any atom is -0.480 e. The van der Waals surface area contributed by atoms with E-state index in [2.05, 4.69) is 10.3 Å². The summed E-state index contributed by atoms with van der Waals surface area (Å²) < 4.78 is 40.3. The number of aromatic nitrogens is 3. The molecule has 138 valence electrons. The second-order valence-corrected chi connectivity index (χ2v) is 5.91. The molecule has 1 atom stereocenters. The molecule has 10 heteroatoms. The van der Waals surface area contributed by atoms with E-state index in [1.807, 2.05) is 0 Å². The van der Waals surface area contributed by atoms with Gasteiger partial charge in [0.25, 0.3) is 5.91 Å². The molecule has 1 N–H and O–H groups in total. The first-order valence-corrected chi connectivity index (χ1v) is 7.92. The molecule has 7 nitrogen and oxygen atoms in total. The second-order valence-electron chi connectivity index (χ2n) is 5.91. The van der Waals surface area contributed by atoms with E-state index in [1.54, 1.807) is 0 Å². The van der Waals surface area contributed by atoms with Crippen molar-refractivity contribution in [1.29, 1.82) is 0 Å². The van der Waals surface area contributed by atoms with Crippen LogP contribution in [-0.4, -0.2) is 49.5 Å². The molecule has 2 heterocycles. The Morgan fingerprint density at radius 2 is 1.92 bits per heavy atom. The van der Waals surface area contributed by atoms with Crippen LogP contribution in [-0.2, 0) is 11.0 Å². The Kier molecular flexibility index (Phi) is 4.66. The lowest BCUT2D eigenvalue weighted by molar-refractivity contribution is -0.143.